The molecule has 0 heterocycles. The van der Waals surface area contributed by atoms with Gasteiger partial charge < -0.3 is 5.32 Å². The smallest absolute Gasteiger partial charge is 0.0624 e. The van der Waals surface area contributed by atoms with Gasteiger partial charge in [0.2, 0.25) is 0 Å². The van der Waals surface area contributed by atoms with E-state index in [1.54, 1.807) is 0 Å². The molecule has 1 atom stereocenters. The molecule has 0 radical (unpaired) electrons. The van der Waals surface area contributed by atoms with Gasteiger partial charge in [0, 0.05) is 6.04 Å². The Morgan fingerprint density at radius 2 is 1.75 bits per heavy atom. The molecule has 0 aromatic heterocycles. The second kappa shape index (κ2) is 7.12. The Bertz CT molecular complexity index is 564. The number of halogens is 2. The maximum Gasteiger partial charge on any atom is 0.0624 e. The number of nitrogens with one attached hydrogen (secondary N) is 1. The van der Waals surface area contributed by atoms with Crippen LogP contribution >= 0.6 is 23.2 Å². The zero-order valence-electron chi connectivity index (χ0n) is 11.8. The Hall–Kier alpha value is -1.02. The van der Waals surface area contributed by atoms with Crippen LogP contribution in [0, 0.1) is 6.92 Å². The molecule has 2 rings (SSSR count). The van der Waals surface area contributed by atoms with Crippen molar-refractivity contribution in [3.63, 3.8) is 0 Å². The van der Waals surface area contributed by atoms with Crippen LogP contribution in [0.15, 0.2) is 42.5 Å². The summed E-state index contributed by atoms with van der Waals surface area (Å²) >= 11 is 12.4. The minimum Gasteiger partial charge on any atom is -0.310 e. The first-order valence-corrected chi connectivity index (χ1v) is 7.60. The number of rotatable bonds is 5. The van der Waals surface area contributed by atoms with E-state index in [0.717, 1.165) is 18.5 Å². The molecule has 1 nitrogen and oxygen atoms in total. The molecule has 1 N–H and O–H groups in total. The van der Waals surface area contributed by atoms with Gasteiger partial charge >= 0.3 is 0 Å². The summed E-state index contributed by atoms with van der Waals surface area (Å²) in [6.07, 6.45) is 0.830. The molecule has 0 aliphatic carbocycles. The molecule has 0 aliphatic heterocycles. The largest absolute Gasteiger partial charge is 0.310 e. The quantitative estimate of drug-likeness (QED) is 0.801. The van der Waals surface area contributed by atoms with Crippen LogP contribution in [0.25, 0.3) is 0 Å². The van der Waals surface area contributed by atoms with E-state index in [1.165, 1.54) is 11.1 Å². The highest BCUT2D eigenvalue weighted by atomic mass is 35.5. The highest BCUT2D eigenvalue weighted by Gasteiger charge is 2.14. The minimum atomic E-state index is 0.247. The Morgan fingerprint density at radius 3 is 2.40 bits per heavy atom. The van der Waals surface area contributed by atoms with Gasteiger partial charge in [0.25, 0.3) is 0 Å². The van der Waals surface area contributed by atoms with Crippen molar-refractivity contribution in [2.45, 2.75) is 26.3 Å². The van der Waals surface area contributed by atoms with Gasteiger partial charge in [0.15, 0.2) is 0 Å². The first kappa shape index (κ1) is 15.4. The highest BCUT2D eigenvalue weighted by Crippen LogP contribution is 2.29. The zero-order chi connectivity index (χ0) is 14.5. The van der Waals surface area contributed by atoms with Gasteiger partial charge in [-0.25, -0.2) is 0 Å². The Morgan fingerprint density at radius 1 is 1.05 bits per heavy atom. The molecule has 0 bridgehead atoms. The molecule has 0 spiro atoms. The van der Waals surface area contributed by atoms with Crippen molar-refractivity contribution >= 4 is 23.2 Å². The molecule has 0 saturated heterocycles. The van der Waals surface area contributed by atoms with Crippen molar-refractivity contribution in [2.75, 3.05) is 6.54 Å². The van der Waals surface area contributed by atoms with Crippen LogP contribution in [-0.4, -0.2) is 6.54 Å². The van der Waals surface area contributed by atoms with Gasteiger partial charge in [-0.05, 0) is 37.1 Å². The van der Waals surface area contributed by atoms with Crippen LogP contribution < -0.4 is 5.32 Å². The predicted molar refractivity (Wildman–Crippen MR) is 87.8 cm³/mol. The Labute approximate surface area is 130 Å². The summed E-state index contributed by atoms with van der Waals surface area (Å²) in [6.45, 7) is 5.12. The Balaban J connectivity index is 2.25. The zero-order valence-corrected chi connectivity index (χ0v) is 13.3. The summed E-state index contributed by atoms with van der Waals surface area (Å²) in [5.74, 6) is 0. The first-order valence-electron chi connectivity index (χ1n) is 6.84. The van der Waals surface area contributed by atoms with Crippen LogP contribution in [0.2, 0.25) is 10.0 Å². The normalized spacial score (nSPS) is 12.4. The van der Waals surface area contributed by atoms with Gasteiger partial charge in [0.1, 0.15) is 0 Å². The molecule has 0 fully saturated rings. The molecule has 2 aromatic rings. The minimum absolute atomic E-state index is 0.247. The standard InChI is InChI=1S/C17H19Cl2N/c1-3-20-16(13-9-7-12(2)8-10-13)11-14-5-4-6-15(18)17(14)19/h4-10,16,20H,3,11H2,1-2H3. The number of hydrogen-bond donors (Lipinski definition) is 1. The molecule has 20 heavy (non-hydrogen) atoms. The average Bonchev–Trinajstić information content (AvgIpc) is 2.44. The summed E-state index contributed by atoms with van der Waals surface area (Å²) in [6, 6.07) is 14.7. The van der Waals surface area contributed by atoms with Crippen LogP contribution in [-0.2, 0) is 6.42 Å². The summed E-state index contributed by atoms with van der Waals surface area (Å²) in [7, 11) is 0. The fourth-order valence-corrected chi connectivity index (χ4v) is 2.68. The van der Waals surface area contributed by atoms with Crippen LogP contribution in [0.1, 0.15) is 29.7 Å². The van der Waals surface area contributed by atoms with Crippen molar-refractivity contribution in [1.29, 1.82) is 0 Å². The van der Waals surface area contributed by atoms with Gasteiger partial charge in [-0.3, -0.25) is 0 Å². The van der Waals surface area contributed by atoms with Gasteiger partial charge in [-0.15, -0.1) is 0 Å². The lowest BCUT2D eigenvalue weighted by Gasteiger charge is -2.19. The molecular formula is C17H19Cl2N. The fourth-order valence-electron chi connectivity index (χ4n) is 2.28. The van der Waals surface area contributed by atoms with Crippen LogP contribution in [0.4, 0.5) is 0 Å². The van der Waals surface area contributed by atoms with Gasteiger partial charge in [-0.1, -0.05) is 72.1 Å². The maximum atomic E-state index is 6.29. The topological polar surface area (TPSA) is 12.0 Å². The first-order chi connectivity index (χ1) is 9.61. The van der Waals surface area contributed by atoms with Crippen molar-refractivity contribution in [2.24, 2.45) is 0 Å². The average molecular weight is 308 g/mol. The second-order valence-electron chi connectivity index (χ2n) is 4.94. The van der Waals surface area contributed by atoms with Crippen LogP contribution in [0.5, 0.6) is 0 Å². The number of hydrogen-bond acceptors (Lipinski definition) is 1. The third-order valence-electron chi connectivity index (χ3n) is 3.39. The van der Waals surface area contributed by atoms with Gasteiger partial charge in [0.05, 0.1) is 10.0 Å². The molecule has 0 saturated carbocycles. The summed E-state index contributed by atoms with van der Waals surface area (Å²) < 4.78 is 0. The lowest BCUT2D eigenvalue weighted by molar-refractivity contribution is 0.550. The molecule has 1 unspecified atom stereocenters. The van der Waals surface area contributed by atoms with E-state index >= 15 is 0 Å². The molecule has 0 aliphatic rings. The lowest BCUT2D eigenvalue weighted by Crippen LogP contribution is -2.23. The van der Waals surface area contributed by atoms with E-state index in [0.29, 0.717) is 10.0 Å². The van der Waals surface area contributed by atoms with E-state index in [-0.39, 0.29) is 6.04 Å². The third kappa shape index (κ3) is 3.76. The molecule has 2 aromatic carbocycles. The van der Waals surface area contributed by atoms with Crippen LogP contribution in [0.3, 0.4) is 0 Å². The Kier molecular flexibility index (Phi) is 5.47. The number of benzene rings is 2. The summed E-state index contributed by atoms with van der Waals surface area (Å²) in [5.41, 5.74) is 3.61. The number of likely N-dealkylation sites (N-methyl/N-ethyl adjacent to an activating group) is 1. The summed E-state index contributed by atoms with van der Waals surface area (Å²) in [4.78, 5) is 0. The maximum absolute atomic E-state index is 6.29. The SMILES string of the molecule is CCNC(Cc1cccc(Cl)c1Cl)c1ccc(C)cc1. The molecule has 106 valence electrons. The number of aryl methyl sites for hydroxylation is 1. The molecular weight excluding hydrogens is 289 g/mol. The predicted octanol–water partition coefficient (Wildman–Crippen LogP) is 5.20. The lowest BCUT2D eigenvalue weighted by atomic mass is 9.98. The van der Waals surface area contributed by atoms with E-state index in [4.69, 9.17) is 23.2 Å². The van der Waals surface area contributed by atoms with E-state index in [9.17, 15) is 0 Å². The molecule has 3 heteroatoms. The van der Waals surface area contributed by atoms with Crippen molar-refractivity contribution in [3.8, 4) is 0 Å². The molecule has 0 amide bonds. The monoisotopic (exact) mass is 307 g/mol. The van der Waals surface area contributed by atoms with E-state index in [2.05, 4.69) is 43.4 Å². The fraction of sp³-hybridized carbons (Fsp3) is 0.294. The third-order valence-corrected chi connectivity index (χ3v) is 4.24. The highest BCUT2D eigenvalue weighted by molar-refractivity contribution is 6.42. The van der Waals surface area contributed by atoms with Gasteiger partial charge in [-0.2, -0.15) is 0 Å². The van der Waals surface area contributed by atoms with E-state index < -0.39 is 0 Å². The van der Waals surface area contributed by atoms with Crippen molar-refractivity contribution < 1.29 is 0 Å². The van der Waals surface area contributed by atoms with Crippen molar-refractivity contribution in [3.05, 3.63) is 69.2 Å². The van der Waals surface area contributed by atoms with Crippen molar-refractivity contribution in [1.82, 2.24) is 5.32 Å². The summed E-state index contributed by atoms with van der Waals surface area (Å²) in [5, 5.41) is 4.78. The van der Waals surface area contributed by atoms with E-state index in [1.807, 2.05) is 18.2 Å². The second-order valence-corrected chi connectivity index (χ2v) is 5.72.